The maximum Gasteiger partial charge on any atom is 0.221 e. The van der Waals surface area contributed by atoms with Crippen LogP contribution in [0.25, 0.3) is 11.0 Å². The van der Waals surface area contributed by atoms with Crippen molar-refractivity contribution in [3.63, 3.8) is 0 Å². The zero-order valence-electron chi connectivity index (χ0n) is 15.8. The zero-order chi connectivity index (χ0) is 19.2. The number of nitrogens with one attached hydrogen (secondary N) is 1. The molecule has 1 aliphatic rings. The summed E-state index contributed by atoms with van der Waals surface area (Å²) >= 11 is 0. The lowest BCUT2D eigenvalue weighted by molar-refractivity contribution is -0.124. The van der Waals surface area contributed by atoms with Gasteiger partial charge in [0.15, 0.2) is 0 Å². The molecule has 0 aliphatic carbocycles. The number of hydrogen-bond acceptors (Lipinski definition) is 5. The number of aromatic nitrogens is 1. The molecule has 1 aliphatic heterocycles. The normalized spacial score (nSPS) is 17.6. The summed E-state index contributed by atoms with van der Waals surface area (Å²) < 4.78 is 11.1. The molecule has 146 valence electrons. The molecule has 1 aromatic carbocycles. The van der Waals surface area contributed by atoms with Gasteiger partial charge < -0.3 is 14.5 Å². The smallest absolute Gasteiger partial charge is 0.221 e. The van der Waals surface area contributed by atoms with Crippen LogP contribution in [0.4, 0.5) is 0 Å². The first-order chi connectivity index (χ1) is 13.8. The van der Waals surface area contributed by atoms with E-state index in [9.17, 15) is 4.79 Å². The minimum Gasteiger partial charge on any atom is -0.464 e. The number of pyridine rings is 1. The molecule has 3 heterocycles. The van der Waals surface area contributed by atoms with E-state index in [2.05, 4.69) is 27.3 Å². The lowest BCUT2D eigenvalue weighted by Crippen LogP contribution is -2.47. The highest BCUT2D eigenvalue weighted by Gasteiger charge is 2.25. The molecule has 2 aromatic heterocycles. The summed E-state index contributed by atoms with van der Waals surface area (Å²) in [4.78, 5) is 19.0. The Kier molecular flexibility index (Phi) is 5.99. The number of amides is 1. The zero-order valence-corrected chi connectivity index (χ0v) is 15.8. The summed E-state index contributed by atoms with van der Waals surface area (Å²) in [5.41, 5.74) is 3.10. The molecule has 28 heavy (non-hydrogen) atoms. The van der Waals surface area contributed by atoms with Crippen molar-refractivity contribution < 1.29 is 13.9 Å². The molecule has 0 bridgehead atoms. The van der Waals surface area contributed by atoms with Crippen LogP contribution in [0.2, 0.25) is 0 Å². The fraction of sp³-hybridized carbons (Fsp3) is 0.364. The summed E-state index contributed by atoms with van der Waals surface area (Å²) in [5, 5.41) is 4.12. The molecule has 1 N–H and O–H groups in total. The second-order valence-electron chi connectivity index (χ2n) is 7.12. The predicted molar refractivity (Wildman–Crippen MR) is 107 cm³/mol. The highest BCUT2D eigenvalue weighted by molar-refractivity contribution is 5.78. The molecule has 4 rings (SSSR count). The molecular formula is C22H25N3O3. The van der Waals surface area contributed by atoms with E-state index >= 15 is 0 Å². The Morgan fingerprint density at radius 2 is 2.21 bits per heavy atom. The quantitative estimate of drug-likeness (QED) is 0.684. The van der Waals surface area contributed by atoms with E-state index in [4.69, 9.17) is 9.15 Å². The van der Waals surface area contributed by atoms with Crippen LogP contribution in [0.5, 0.6) is 0 Å². The lowest BCUT2D eigenvalue weighted by Gasteiger charge is -2.35. The second-order valence-corrected chi connectivity index (χ2v) is 7.12. The van der Waals surface area contributed by atoms with E-state index in [1.807, 2.05) is 30.3 Å². The van der Waals surface area contributed by atoms with Gasteiger partial charge in [0.2, 0.25) is 5.91 Å². The van der Waals surface area contributed by atoms with Crippen molar-refractivity contribution in [3.8, 4) is 0 Å². The van der Waals surface area contributed by atoms with E-state index in [-0.39, 0.29) is 11.9 Å². The Bertz CT molecular complexity index is 910. The standard InChI is InChI=1S/C22H25N3O3/c26-22(24-9-6-19-3-1-2-8-23-19)14-20-16-27-12-10-25(20)15-17-4-5-21-18(13-17)7-11-28-21/h1-5,7-8,11,13,20H,6,9-10,12,14-16H2,(H,24,26)/t20-/m1/s1. The predicted octanol–water partition coefficient (Wildman–Crippen LogP) is 2.78. The third-order valence-corrected chi connectivity index (χ3v) is 5.10. The molecule has 1 saturated heterocycles. The van der Waals surface area contributed by atoms with Crippen molar-refractivity contribution in [2.75, 3.05) is 26.3 Å². The fourth-order valence-corrected chi connectivity index (χ4v) is 3.60. The van der Waals surface area contributed by atoms with Crippen molar-refractivity contribution in [2.24, 2.45) is 0 Å². The van der Waals surface area contributed by atoms with E-state index in [0.29, 0.717) is 26.2 Å². The summed E-state index contributed by atoms with van der Waals surface area (Å²) in [6, 6.07) is 14.1. The van der Waals surface area contributed by atoms with Crippen LogP contribution < -0.4 is 5.32 Å². The third-order valence-electron chi connectivity index (χ3n) is 5.10. The average Bonchev–Trinajstić information content (AvgIpc) is 3.18. The monoisotopic (exact) mass is 379 g/mol. The number of carbonyl (C=O) groups excluding carboxylic acids is 1. The third kappa shape index (κ3) is 4.77. The van der Waals surface area contributed by atoms with Gasteiger partial charge in [-0.2, -0.15) is 0 Å². The van der Waals surface area contributed by atoms with Crippen LogP contribution in [-0.2, 0) is 22.5 Å². The Morgan fingerprint density at radius 3 is 3.11 bits per heavy atom. The molecule has 0 saturated carbocycles. The van der Waals surface area contributed by atoms with Gasteiger partial charge in [-0.05, 0) is 35.9 Å². The number of benzene rings is 1. The number of ether oxygens (including phenoxy) is 1. The molecule has 0 unspecified atom stereocenters. The number of hydrogen-bond donors (Lipinski definition) is 1. The Balaban J connectivity index is 1.30. The van der Waals surface area contributed by atoms with Crippen molar-refractivity contribution in [1.82, 2.24) is 15.2 Å². The first-order valence-corrected chi connectivity index (χ1v) is 9.72. The number of furan rings is 1. The van der Waals surface area contributed by atoms with Gasteiger partial charge in [-0.1, -0.05) is 12.1 Å². The summed E-state index contributed by atoms with van der Waals surface area (Å²) in [7, 11) is 0. The van der Waals surface area contributed by atoms with Crippen LogP contribution in [0.1, 0.15) is 17.7 Å². The minimum atomic E-state index is 0.0571. The van der Waals surface area contributed by atoms with Gasteiger partial charge >= 0.3 is 0 Å². The summed E-state index contributed by atoms with van der Waals surface area (Å²) in [6.07, 6.45) is 4.66. The molecule has 0 spiro atoms. The Labute approximate surface area is 164 Å². The van der Waals surface area contributed by atoms with Crippen LogP contribution in [0.3, 0.4) is 0 Å². The summed E-state index contributed by atoms with van der Waals surface area (Å²) in [5.74, 6) is 0.0571. The topological polar surface area (TPSA) is 67.6 Å². The Hall–Kier alpha value is -2.70. The molecule has 6 nitrogen and oxygen atoms in total. The SMILES string of the molecule is O=C(C[C@@H]1COCCN1Cc1ccc2occc2c1)NCCc1ccccn1. The molecule has 3 aromatic rings. The second kappa shape index (κ2) is 8.99. The number of fused-ring (bicyclic) bond motifs is 1. The average molecular weight is 379 g/mol. The first kappa shape index (κ1) is 18.7. The van der Waals surface area contributed by atoms with Crippen LogP contribution in [0.15, 0.2) is 59.3 Å². The lowest BCUT2D eigenvalue weighted by atomic mass is 10.1. The van der Waals surface area contributed by atoms with Gasteiger partial charge in [-0.3, -0.25) is 14.7 Å². The number of carbonyl (C=O) groups is 1. The van der Waals surface area contributed by atoms with Gasteiger partial charge in [-0.25, -0.2) is 0 Å². The number of rotatable bonds is 7. The fourth-order valence-electron chi connectivity index (χ4n) is 3.60. The van der Waals surface area contributed by atoms with E-state index in [1.54, 1.807) is 12.5 Å². The van der Waals surface area contributed by atoms with E-state index in [0.717, 1.165) is 36.2 Å². The van der Waals surface area contributed by atoms with Gasteiger partial charge in [0, 0.05) is 55.8 Å². The number of morpholine rings is 1. The van der Waals surface area contributed by atoms with Gasteiger partial charge in [0.05, 0.1) is 19.5 Å². The van der Waals surface area contributed by atoms with Gasteiger partial charge in [0.25, 0.3) is 0 Å². The Morgan fingerprint density at radius 1 is 1.25 bits per heavy atom. The highest BCUT2D eigenvalue weighted by atomic mass is 16.5. The van der Waals surface area contributed by atoms with Crippen molar-refractivity contribution in [3.05, 3.63) is 66.2 Å². The molecule has 6 heteroatoms. The van der Waals surface area contributed by atoms with Crippen molar-refractivity contribution in [1.29, 1.82) is 0 Å². The highest BCUT2D eigenvalue weighted by Crippen LogP contribution is 2.20. The molecule has 0 radical (unpaired) electrons. The molecule has 1 amide bonds. The number of nitrogens with zero attached hydrogens (tertiary/aromatic N) is 2. The van der Waals surface area contributed by atoms with Crippen LogP contribution >= 0.6 is 0 Å². The largest absolute Gasteiger partial charge is 0.464 e. The molecular weight excluding hydrogens is 354 g/mol. The van der Waals surface area contributed by atoms with Gasteiger partial charge in [0.1, 0.15) is 5.58 Å². The molecule has 1 fully saturated rings. The summed E-state index contributed by atoms with van der Waals surface area (Å²) in [6.45, 7) is 3.51. The maximum atomic E-state index is 12.4. The van der Waals surface area contributed by atoms with E-state index < -0.39 is 0 Å². The maximum absolute atomic E-state index is 12.4. The van der Waals surface area contributed by atoms with E-state index in [1.165, 1.54) is 5.56 Å². The minimum absolute atomic E-state index is 0.0571. The van der Waals surface area contributed by atoms with Crippen molar-refractivity contribution >= 4 is 16.9 Å². The van der Waals surface area contributed by atoms with Crippen LogP contribution in [-0.4, -0.2) is 48.1 Å². The van der Waals surface area contributed by atoms with Crippen LogP contribution in [0, 0.1) is 0 Å². The van der Waals surface area contributed by atoms with Crippen molar-refractivity contribution in [2.45, 2.75) is 25.4 Å². The first-order valence-electron chi connectivity index (χ1n) is 9.72. The molecule has 1 atom stereocenters. The van der Waals surface area contributed by atoms with Gasteiger partial charge in [-0.15, -0.1) is 0 Å².